The standard InChI is InChI=1S/C19H21F2N3O2/c1-26-16-4-2-3-15(12-16)24-9-7-23(8-10-24)13-19(25)22-14-5-6-17(20)18(21)11-14/h2-6,11-12H,7-10,13H2,1H3,(H,22,25). The molecule has 2 aromatic carbocycles. The molecule has 3 rings (SSSR count). The molecule has 138 valence electrons. The summed E-state index contributed by atoms with van der Waals surface area (Å²) >= 11 is 0. The van der Waals surface area contributed by atoms with Gasteiger partial charge in [-0.2, -0.15) is 0 Å². The minimum absolute atomic E-state index is 0.213. The maximum atomic E-state index is 13.2. The van der Waals surface area contributed by atoms with E-state index in [-0.39, 0.29) is 18.1 Å². The average molecular weight is 361 g/mol. The number of nitrogens with zero attached hydrogens (tertiary/aromatic N) is 2. The van der Waals surface area contributed by atoms with Crippen LogP contribution in [0.2, 0.25) is 0 Å². The van der Waals surface area contributed by atoms with Crippen molar-refractivity contribution in [2.45, 2.75) is 0 Å². The van der Waals surface area contributed by atoms with E-state index >= 15 is 0 Å². The van der Waals surface area contributed by atoms with Gasteiger partial charge in [0.15, 0.2) is 11.6 Å². The van der Waals surface area contributed by atoms with Gasteiger partial charge in [0.25, 0.3) is 0 Å². The SMILES string of the molecule is COc1cccc(N2CCN(CC(=O)Nc3ccc(F)c(F)c3)CC2)c1. The van der Waals surface area contributed by atoms with E-state index in [0.717, 1.165) is 49.7 Å². The number of hydrogen-bond acceptors (Lipinski definition) is 4. The van der Waals surface area contributed by atoms with Gasteiger partial charge in [0.1, 0.15) is 5.75 Å². The van der Waals surface area contributed by atoms with Gasteiger partial charge >= 0.3 is 0 Å². The number of piperazine rings is 1. The monoisotopic (exact) mass is 361 g/mol. The Kier molecular flexibility index (Phi) is 5.68. The van der Waals surface area contributed by atoms with Gasteiger partial charge in [0.2, 0.25) is 5.91 Å². The number of halogens is 2. The molecule has 0 spiro atoms. The number of anilines is 2. The van der Waals surface area contributed by atoms with Crippen molar-refractivity contribution in [2.75, 3.05) is 50.1 Å². The summed E-state index contributed by atoms with van der Waals surface area (Å²) in [5.74, 6) is -1.34. The van der Waals surface area contributed by atoms with Gasteiger partial charge in [0.05, 0.1) is 13.7 Å². The molecular formula is C19H21F2N3O2. The van der Waals surface area contributed by atoms with E-state index in [1.807, 2.05) is 29.2 Å². The Bertz CT molecular complexity index is 777. The molecule has 2 aromatic rings. The fraction of sp³-hybridized carbons (Fsp3) is 0.316. The van der Waals surface area contributed by atoms with Crippen molar-refractivity contribution in [1.29, 1.82) is 0 Å². The van der Waals surface area contributed by atoms with Crippen LogP contribution in [0, 0.1) is 11.6 Å². The molecule has 7 heteroatoms. The van der Waals surface area contributed by atoms with Crippen LogP contribution >= 0.6 is 0 Å². The molecular weight excluding hydrogens is 340 g/mol. The van der Waals surface area contributed by atoms with Gasteiger partial charge < -0.3 is 15.0 Å². The molecule has 1 fully saturated rings. The lowest BCUT2D eigenvalue weighted by molar-refractivity contribution is -0.117. The second-order valence-corrected chi connectivity index (χ2v) is 6.14. The lowest BCUT2D eigenvalue weighted by atomic mass is 10.2. The summed E-state index contributed by atoms with van der Waals surface area (Å²) in [4.78, 5) is 16.4. The summed E-state index contributed by atoms with van der Waals surface area (Å²) in [6.45, 7) is 3.28. The molecule has 0 bridgehead atoms. The third-order valence-corrected chi connectivity index (χ3v) is 4.36. The molecule has 5 nitrogen and oxygen atoms in total. The first-order chi connectivity index (χ1) is 12.5. The van der Waals surface area contributed by atoms with Gasteiger partial charge in [-0.1, -0.05) is 6.07 Å². The van der Waals surface area contributed by atoms with Crippen LogP contribution in [0.1, 0.15) is 0 Å². The van der Waals surface area contributed by atoms with Crippen molar-refractivity contribution in [1.82, 2.24) is 4.90 Å². The topological polar surface area (TPSA) is 44.8 Å². The second-order valence-electron chi connectivity index (χ2n) is 6.14. The first-order valence-electron chi connectivity index (χ1n) is 8.41. The van der Waals surface area contributed by atoms with E-state index in [0.29, 0.717) is 0 Å². The molecule has 26 heavy (non-hydrogen) atoms. The zero-order valence-electron chi connectivity index (χ0n) is 14.5. The highest BCUT2D eigenvalue weighted by Gasteiger charge is 2.19. The largest absolute Gasteiger partial charge is 0.497 e. The molecule has 0 aliphatic carbocycles. The summed E-state index contributed by atoms with van der Waals surface area (Å²) in [5, 5.41) is 2.60. The molecule has 0 saturated carbocycles. The number of nitrogens with one attached hydrogen (secondary N) is 1. The van der Waals surface area contributed by atoms with Gasteiger partial charge in [-0.25, -0.2) is 8.78 Å². The Morgan fingerprint density at radius 3 is 2.54 bits per heavy atom. The van der Waals surface area contributed by atoms with E-state index in [4.69, 9.17) is 4.74 Å². The quantitative estimate of drug-likeness (QED) is 0.890. The number of methoxy groups -OCH3 is 1. The van der Waals surface area contributed by atoms with E-state index in [1.165, 1.54) is 6.07 Å². The van der Waals surface area contributed by atoms with Crippen molar-refractivity contribution in [3.05, 3.63) is 54.1 Å². The van der Waals surface area contributed by atoms with Crippen molar-refractivity contribution in [2.24, 2.45) is 0 Å². The van der Waals surface area contributed by atoms with Crippen molar-refractivity contribution < 1.29 is 18.3 Å². The first kappa shape index (κ1) is 18.1. The fourth-order valence-corrected chi connectivity index (χ4v) is 2.95. The summed E-state index contributed by atoms with van der Waals surface area (Å²) in [7, 11) is 1.64. The van der Waals surface area contributed by atoms with Gasteiger partial charge in [-0.3, -0.25) is 9.69 Å². The van der Waals surface area contributed by atoms with Crippen LogP contribution in [0.15, 0.2) is 42.5 Å². The number of amides is 1. The molecule has 1 aliphatic heterocycles. The van der Waals surface area contributed by atoms with E-state index in [2.05, 4.69) is 10.2 Å². The van der Waals surface area contributed by atoms with Crippen molar-refractivity contribution in [3.8, 4) is 5.75 Å². The molecule has 1 N–H and O–H groups in total. The minimum atomic E-state index is -0.977. The van der Waals surface area contributed by atoms with E-state index in [9.17, 15) is 13.6 Å². The third-order valence-electron chi connectivity index (χ3n) is 4.36. The van der Waals surface area contributed by atoms with Gasteiger partial charge in [-0.05, 0) is 24.3 Å². The van der Waals surface area contributed by atoms with Crippen LogP contribution in [0.5, 0.6) is 5.75 Å². The zero-order chi connectivity index (χ0) is 18.5. The van der Waals surface area contributed by atoms with Crippen LogP contribution in [-0.4, -0.2) is 50.6 Å². The summed E-state index contributed by atoms with van der Waals surface area (Å²) in [5.41, 5.74) is 1.35. The van der Waals surface area contributed by atoms with Crippen LogP contribution in [0.25, 0.3) is 0 Å². The van der Waals surface area contributed by atoms with E-state index < -0.39 is 11.6 Å². The molecule has 0 radical (unpaired) electrons. The maximum absolute atomic E-state index is 13.2. The number of benzene rings is 2. The summed E-state index contributed by atoms with van der Waals surface area (Å²) in [6.07, 6.45) is 0. The normalized spacial score (nSPS) is 15.0. The predicted octanol–water partition coefficient (Wildman–Crippen LogP) is 2.73. The first-order valence-corrected chi connectivity index (χ1v) is 8.41. The zero-order valence-corrected chi connectivity index (χ0v) is 14.5. The number of ether oxygens (including phenoxy) is 1. The number of rotatable bonds is 5. The third kappa shape index (κ3) is 4.49. The lowest BCUT2D eigenvalue weighted by Crippen LogP contribution is -2.48. The van der Waals surface area contributed by atoms with Crippen LogP contribution in [-0.2, 0) is 4.79 Å². The summed E-state index contributed by atoms with van der Waals surface area (Å²) in [6, 6.07) is 11.2. The predicted molar refractivity (Wildman–Crippen MR) is 96.6 cm³/mol. The minimum Gasteiger partial charge on any atom is -0.497 e. The molecule has 0 atom stereocenters. The molecule has 0 aromatic heterocycles. The smallest absolute Gasteiger partial charge is 0.238 e. The van der Waals surface area contributed by atoms with Crippen molar-refractivity contribution in [3.63, 3.8) is 0 Å². The Labute approximate surface area is 151 Å². The highest BCUT2D eigenvalue weighted by Crippen LogP contribution is 2.22. The second kappa shape index (κ2) is 8.14. The molecule has 1 aliphatic rings. The highest BCUT2D eigenvalue weighted by molar-refractivity contribution is 5.92. The Hall–Kier alpha value is -2.67. The maximum Gasteiger partial charge on any atom is 0.238 e. The molecule has 1 heterocycles. The van der Waals surface area contributed by atoms with Crippen LogP contribution in [0.4, 0.5) is 20.2 Å². The highest BCUT2D eigenvalue weighted by atomic mass is 19.2. The molecule has 1 amide bonds. The van der Waals surface area contributed by atoms with Gasteiger partial charge in [-0.15, -0.1) is 0 Å². The lowest BCUT2D eigenvalue weighted by Gasteiger charge is -2.35. The van der Waals surface area contributed by atoms with Gasteiger partial charge in [0, 0.05) is 49.7 Å². The fourth-order valence-electron chi connectivity index (χ4n) is 2.95. The summed E-state index contributed by atoms with van der Waals surface area (Å²) < 4.78 is 31.4. The van der Waals surface area contributed by atoms with Crippen LogP contribution < -0.4 is 15.0 Å². The Morgan fingerprint density at radius 2 is 1.85 bits per heavy atom. The molecule has 1 saturated heterocycles. The van der Waals surface area contributed by atoms with Crippen molar-refractivity contribution >= 4 is 17.3 Å². The average Bonchev–Trinajstić information content (AvgIpc) is 2.65. The number of hydrogen-bond donors (Lipinski definition) is 1. The Balaban J connectivity index is 1.50. The Morgan fingerprint density at radius 1 is 1.08 bits per heavy atom. The number of carbonyl (C=O) groups is 1. The van der Waals surface area contributed by atoms with Crippen LogP contribution in [0.3, 0.4) is 0 Å². The molecule has 0 unspecified atom stereocenters. The number of carbonyl (C=O) groups excluding carboxylic acids is 1. The van der Waals surface area contributed by atoms with E-state index in [1.54, 1.807) is 7.11 Å².